The molecule has 0 bridgehead atoms. The quantitative estimate of drug-likeness (QED) is 0.703. The second kappa shape index (κ2) is 8.54. The van der Waals surface area contributed by atoms with E-state index in [-0.39, 0.29) is 31.1 Å². The van der Waals surface area contributed by atoms with Crippen LogP contribution < -0.4 is 14.8 Å². The Labute approximate surface area is 141 Å². The number of nitrogens with zero attached hydrogens (tertiary/aromatic N) is 1. The Morgan fingerprint density at radius 1 is 1.33 bits per heavy atom. The van der Waals surface area contributed by atoms with Crippen LogP contribution in [-0.4, -0.2) is 60.8 Å². The highest BCUT2D eigenvalue weighted by molar-refractivity contribution is 5.78. The van der Waals surface area contributed by atoms with E-state index in [1.165, 1.54) is 0 Å². The summed E-state index contributed by atoms with van der Waals surface area (Å²) in [7, 11) is 1.57. The summed E-state index contributed by atoms with van der Waals surface area (Å²) in [5, 5.41) is 11.8. The van der Waals surface area contributed by atoms with Crippen LogP contribution in [0.15, 0.2) is 24.3 Å². The van der Waals surface area contributed by atoms with Gasteiger partial charge in [0.1, 0.15) is 11.5 Å². The molecule has 0 saturated heterocycles. The SMILES string of the molecule is CCN(CC(=O)O)C1CC(NC(=O)COc2cccc(OC)c2)C1. The first-order valence-electron chi connectivity index (χ1n) is 8.03. The van der Waals surface area contributed by atoms with Crippen molar-refractivity contribution in [3.8, 4) is 11.5 Å². The summed E-state index contributed by atoms with van der Waals surface area (Å²) in [6, 6.07) is 7.38. The van der Waals surface area contributed by atoms with Gasteiger partial charge in [-0.3, -0.25) is 14.5 Å². The van der Waals surface area contributed by atoms with Crippen molar-refractivity contribution >= 4 is 11.9 Å². The van der Waals surface area contributed by atoms with Gasteiger partial charge in [-0.25, -0.2) is 0 Å². The molecule has 1 saturated carbocycles. The van der Waals surface area contributed by atoms with E-state index in [0.29, 0.717) is 18.0 Å². The normalized spacial score (nSPS) is 19.5. The average Bonchev–Trinajstić information content (AvgIpc) is 2.54. The number of carbonyl (C=O) groups excluding carboxylic acids is 1. The molecule has 24 heavy (non-hydrogen) atoms. The number of ether oxygens (including phenoxy) is 2. The highest BCUT2D eigenvalue weighted by atomic mass is 16.5. The molecule has 0 radical (unpaired) electrons. The Hall–Kier alpha value is -2.28. The van der Waals surface area contributed by atoms with Crippen LogP contribution in [-0.2, 0) is 9.59 Å². The monoisotopic (exact) mass is 336 g/mol. The molecule has 2 rings (SSSR count). The number of carboxylic acid groups (broad SMARTS) is 1. The third-order valence-corrected chi connectivity index (χ3v) is 4.15. The van der Waals surface area contributed by atoms with E-state index < -0.39 is 5.97 Å². The van der Waals surface area contributed by atoms with Crippen molar-refractivity contribution in [3.63, 3.8) is 0 Å². The molecule has 0 heterocycles. The highest BCUT2D eigenvalue weighted by Crippen LogP contribution is 2.25. The van der Waals surface area contributed by atoms with E-state index in [1.807, 2.05) is 11.8 Å². The Morgan fingerprint density at radius 2 is 2.04 bits per heavy atom. The number of benzene rings is 1. The first kappa shape index (κ1) is 18.1. The van der Waals surface area contributed by atoms with Crippen molar-refractivity contribution in [2.75, 3.05) is 26.8 Å². The summed E-state index contributed by atoms with van der Waals surface area (Å²) >= 11 is 0. The molecule has 0 spiro atoms. The van der Waals surface area contributed by atoms with Gasteiger partial charge in [0.2, 0.25) is 0 Å². The fraction of sp³-hybridized carbons (Fsp3) is 0.529. The lowest BCUT2D eigenvalue weighted by molar-refractivity contribution is -0.139. The minimum Gasteiger partial charge on any atom is -0.497 e. The minimum atomic E-state index is -0.823. The van der Waals surface area contributed by atoms with Gasteiger partial charge in [0.05, 0.1) is 13.7 Å². The van der Waals surface area contributed by atoms with Gasteiger partial charge in [-0.15, -0.1) is 0 Å². The number of carboxylic acids is 1. The smallest absolute Gasteiger partial charge is 0.317 e. The fourth-order valence-electron chi connectivity index (χ4n) is 2.79. The number of hydrogen-bond donors (Lipinski definition) is 2. The number of amides is 1. The molecule has 1 aliphatic carbocycles. The van der Waals surface area contributed by atoms with Crippen LogP contribution in [0.2, 0.25) is 0 Å². The van der Waals surface area contributed by atoms with Crippen molar-refractivity contribution in [2.45, 2.75) is 31.8 Å². The molecule has 1 fully saturated rings. The first-order chi connectivity index (χ1) is 11.5. The molecule has 132 valence electrons. The van der Waals surface area contributed by atoms with Gasteiger partial charge in [0.25, 0.3) is 5.91 Å². The molecule has 0 aliphatic heterocycles. The summed E-state index contributed by atoms with van der Waals surface area (Å²) in [6.07, 6.45) is 1.54. The lowest BCUT2D eigenvalue weighted by Gasteiger charge is -2.42. The summed E-state index contributed by atoms with van der Waals surface area (Å²) < 4.78 is 10.5. The van der Waals surface area contributed by atoms with Crippen LogP contribution in [0.3, 0.4) is 0 Å². The van der Waals surface area contributed by atoms with Crippen molar-refractivity contribution in [2.24, 2.45) is 0 Å². The van der Waals surface area contributed by atoms with E-state index in [0.717, 1.165) is 12.8 Å². The van der Waals surface area contributed by atoms with E-state index in [1.54, 1.807) is 31.4 Å². The summed E-state index contributed by atoms with van der Waals surface area (Å²) in [5.74, 6) is 0.251. The molecule has 0 aromatic heterocycles. The van der Waals surface area contributed by atoms with Crippen LogP contribution in [0, 0.1) is 0 Å². The Balaban J connectivity index is 1.69. The van der Waals surface area contributed by atoms with Crippen LogP contribution in [0.25, 0.3) is 0 Å². The molecule has 1 aromatic carbocycles. The summed E-state index contributed by atoms with van der Waals surface area (Å²) in [4.78, 5) is 24.6. The number of methoxy groups -OCH3 is 1. The van der Waals surface area contributed by atoms with Crippen LogP contribution in [0.5, 0.6) is 11.5 Å². The van der Waals surface area contributed by atoms with Crippen LogP contribution in [0.4, 0.5) is 0 Å². The zero-order valence-corrected chi connectivity index (χ0v) is 14.0. The number of hydrogen-bond acceptors (Lipinski definition) is 5. The number of rotatable bonds is 9. The zero-order chi connectivity index (χ0) is 17.5. The van der Waals surface area contributed by atoms with E-state index >= 15 is 0 Å². The lowest BCUT2D eigenvalue weighted by atomic mass is 9.85. The highest BCUT2D eigenvalue weighted by Gasteiger charge is 2.34. The first-order valence-corrected chi connectivity index (χ1v) is 8.03. The van der Waals surface area contributed by atoms with E-state index in [9.17, 15) is 9.59 Å². The van der Waals surface area contributed by atoms with Gasteiger partial charge in [-0.05, 0) is 31.5 Å². The van der Waals surface area contributed by atoms with Crippen LogP contribution in [0.1, 0.15) is 19.8 Å². The minimum absolute atomic E-state index is 0.0424. The second-order valence-corrected chi connectivity index (χ2v) is 5.81. The standard InChI is InChI=1S/C17H24N2O5/c1-3-19(10-17(21)22)13-7-12(8-13)18-16(20)11-24-15-6-4-5-14(9-15)23-2/h4-6,9,12-13H,3,7-8,10-11H2,1-2H3,(H,18,20)(H,21,22). The fourth-order valence-corrected chi connectivity index (χ4v) is 2.79. The Bertz CT molecular complexity index is 572. The molecule has 0 atom stereocenters. The number of aliphatic carboxylic acids is 1. The van der Waals surface area contributed by atoms with Gasteiger partial charge >= 0.3 is 5.97 Å². The lowest BCUT2D eigenvalue weighted by Crippen LogP contribution is -2.55. The Kier molecular flexibility index (Phi) is 6.43. The van der Waals surface area contributed by atoms with Crippen LogP contribution >= 0.6 is 0 Å². The molecule has 1 amide bonds. The molecule has 1 aromatic rings. The van der Waals surface area contributed by atoms with Crippen molar-refractivity contribution < 1.29 is 24.2 Å². The molecule has 2 N–H and O–H groups in total. The summed E-state index contributed by atoms with van der Waals surface area (Å²) in [5.41, 5.74) is 0. The average molecular weight is 336 g/mol. The second-order valence-electron chi connectivity index (χ2n) is 5.81. The predicted molar refractivity (Wildman–Crippen MR) is 88.3 cm³/mol. The van der Waals surface area contributed by atoms with Gasteiger partial charge in [-0.1, -0.05) is 13.0 Å². The van der Waals surface area contributed by atoms with Gasteiger partial charge < -0.3 is 19.9 Å². The van der Waals surface area contributed by atoms with Crippen molar-refractivity contribution in [3.05, 3.63) is 24.3 Å². The summed E-state index contributed by atoms with van der Waals surface area (Å²) in [6.45, 7) is 2.62. The maximum absolute atomic E-state index is 11.9. The third-order valence-electron chi connectivity index (χ3n) is 4.15. The molecular weight excluding hydrogens is 312 g/mol. The van der Waals surface area contributed by atoms with Crippen molar-refractivity contribution in [1.82, 2.24) is 10.2 Å². The molecule has 1 aliphatic rings. The Morgan fingerprint density at radius 3 is 2.67 bits per heavy atom. The zero-order valence-electron chi connectivity index (χ0n) is 14.0. The number of carbonyl (C=O) groups is 2. The molecular formula is C17H24N2O5. The molecule has 7 nitrogen and oxygen atoms in total. The number of nitrogens with one attached hydrogen (secondary N) is 1. The largest absolute Gasteiger partial charge is 0.497 e. The maximum atomic E-state index is 11.9. The van der Waals surface area contributed by atoms with Crippen molar-refractivity contribution in [1.29, 1.82) is 0 Å². The third kappa shape index (κ3) is 5.13. The predicted octanol–water partition coefficient (Wildman–Crippen LogP) is 1.13. The maximum Gasteiger partial charge on any atom is 0.317 e. The topological polar surface area (TPSA) is 88.1 Å². The van der Waals surface area contributed by atoms with E-state index in [2.05, 4.69) is 5.32 Å². The van der Waals surface area contributed by atoms with Gasteiger partial charge in [-0.2, -0.15) is 0 Å². The van der Waals surface area contributed by atoms with E-state index in [4.69, 9.17) is 14.6 Å². The molecule has 0 unspecified atom stereocenters. The number of likely N-dealkylation sites (N-methyl/N-ethyl adjacent to an activating group) is 1. The van der Waals surface area contributed by atoms with Gasteiger partial charge in [0.15, 0.2) is 6.61 Å². The van der Waals surface area contributed by atoms with Gasteiger partial charge in [0, 0.05) is 18.2 Å². The molecule has 7 heteroatoms.